The first-order valence-electron chi connectivity index (χ1n) is 8.68. The first-order valence-corrected chi connectivity index (χ1v) is 8.68. The molecule has 3 aromatic rings. The van der Waals surface area contributed by atoms with Crippen LogP contribution in [0.4, 0.5) is 0 Å². The highest BCUT2D eigenvalue weighted by atomic mass is 16.2. The molecule has 24 heavy (non-hydrogen) atoms. The smallest absolute Gasteiger partial charge is 0.223 e. The number of aryl methyl sites for hydroxylation is 1. The molecule has 0 unspecified atom stereocenters. The van der Waals surface area contributed by atoms with Gasteiger partial charge in [-0.2, -0.15) is 0 Å². The third kappa shape index (κ3) is 1.59. The SMILES string of the molecule is Cc1cccc2[nH]c3c(c12)CCN1C(=O)CC[C@]31c1ccccc1. The minimum atomic E-state index is -0.322. The van der Waals surface area contributed by atoms with E-state index < -0.39 is 0 Å². The molecule has 1 amide bonds. The number of carbonyl (C=O) groups excluding carboxylic acids is 1. The number of benzene rings is 2. The van der Waals surface area contributed by atoms with E-state index in [-0.39, 0.29) is 11.4 Å². The average molecular weight is 316 g/mol. The molecule has 1 N–H and O–H groups in total. The molecule has 0 radical (unpaired) electrons. The summed E-state index contributed by atoms with van der Waals surface area (Å²) in [5, 5.41) is 1.35. The lowest BCUT2D eigenvalue weighted by atomic mass is 9.79. The molecule has 1 aromatic heterocycles. The largest absolute Gasteiger partial charge is 0.356 e. The molecular formula is C21H20N2O. The van der Waals surface area contributed by atoms with Crippen molar-refractivity contribution >= 4 is 16.8 Å². The molecule has 3 nitrogen and oxygen atoms in total. The molecule has 2 aliphatic heterocycles. The predicted molar refractivity (Wildman–Crippen MR) is 94.9 cm³/mol. The molecule has 1 fully saturated rings. The number of fused-ring (bicyclic) bond motifs is 5. The van der Waals surface area contributed by atoms with Crippen LogP contribution >= 0.6 is 0 Å². The van der Waals surface area contributed by atoms with Gasteiger partial charge in [0.25, 0.3) is 0 Å². The zero-order valence-electron chi connectivity index (χ0n) is 13.8. The molecule has 3 heteroatoms. The first kappa shape index (κ1) is 13.8. The van der Waals surface area contributed by atoms with Crippen molar-refractivity contribution in [2.45, 2.75) is 31.7 Å². The fraction of sp³-hybridized carbons (Fsp3) is 0.286. The number of hydrogen-bond donors (Lipinski definition) is 1. The zero-order chi connectivity index (χ0) is 16.3. The number of amides is 1. The van der Waals surface area contributed by atoms with Crippen LogP contribution in [-0.4, -0.2) is 22.3 Å². The van der Waals surface area contributed by atoms with Crippen molar-refractivity contribution in [2.24, 2.45) is 0 Å². The Morgan fingerprint density at radius 2 is 1.88 bits per heavy atom. The van der Waals surface area contributed by atoms with Gasteiger partial charge < -0.3 is 9.88 Å². The highest BCUT2D eigenvalue weighted by molar-refractivity contribution is 5.90. The second-order valence-corrected chi connectivity index (χ2v) is 7.00. The number of rotatable bonds is 1. The second kappa shape index (κ2) is 4.73. The molecule has 0 spiro atoms. The minimum absolute atomic E-state index is 0.278. The summed E-state index contributed by atoms with van der Waals surface area (Å²) in [6, 6.07) is 17.0. The molecule has 2 aliphatic rings. The molecule has 0 saturated carbocycles. The number of nitrogens with one attached hydrogen (secondary N) is 1. The molecule has 1 atom stereocenters. The number of H-pyrrole nitrogens is 1. The van der Waals surface area contributed by atoms with E-state index >= 15 is 0 Å². The Labute approximate surface area is 141 Å². The van der Waals surface area contributed by atoms with Crippen molar-refractivity contribution in [1.82, 2.24) is 9.88 Å². The molecular weight excluding hydrogens is 296 g/mol. The van der Waals surface area contributed by atoms with Crippen LogP contribution in [0.15, 0.2) is 48.5 Å². The summed E-state index contributed by atoms with van der Waals surface area (Å²) in [6.45, 7) is 2.99. The van der Waals surface area contributed by atoms with E-state index in [1.165, 1.54) is 33.3 Å². The van der Waals surface area contributed by atoms with Crippen molar-refractivity contribution < 1.29 is 4.79 Å². The lowest BCUT2D eigenvalue weighted by Crippen LogP contribution is -2.48. The Morgan fingerprint density at radius 1 is 1.04 bits per heavy atom. The number of nitrogens with zero attached hydrogens (tertiary/aromatic N) is 1. The van der Waals surface area contributed by atoms with Crippen LogP contribution in [0.25, 0.3) is 10.9 Å². The van der Waals surface area contributed by atoms with Crippen LogP contribution in [-0.2, 0) is 16.8 Å². The van der Waals surface area contributed by atoms with Gasteiger partial charge in [-0.15, -0.1) is 0 Å². The van der Waals surface area contributed by atoms with Gasteiger partial charge in [0, 0.05) is 23.9 Å². The van der Waals surface area contributed by atoms with Gasteiger partial charge in [0.15, 0.2) is 0 Å². The Kier molecular flexibility index (Phi) is 2.73. The maximum atomic E-state index is 12.6. The maximum Gasteiger partial charge on any atom is 0.223 e. The Balaban J connectivity index is 1.86. The summed E-state index contributed by atoms with van der Waals surface area (Å²) in [6.07, 6.45) is 2.41. The summed E-state index contributed by atoms with van der Waals surface area (Å²) in [5.74, 6) is 0.278. The van der Waals surface area contributed by atoms with E-state index in [0.29, 0.717) is 6.42 Å². The summed E-state index contributed by atoms with van der Waals surface area (Å²) in [7, 11) is 0. The summed E-state index contributed by atoms with van der Waals surface area (Å²) in [4.78, 5) is 18.4. The molecule has 5 rings (SSSR count). The van der Waals surface area contributed by atoms with Crippen LogP contribution in [0, 0.1) is 6.92 Å². The molecule has 0 bridgehead atoms. The first-order chi connectivity index (χ1) is 11.7. The van der Waals surface area contributed by atoms with E-state index in [4.69, 9.17) is 0 Å². The fourth-order valence-electron chi connectivity index (χ4n) is 4.84. The lowest BCUT2D eigenvalue weighted by Gasteiger charge is -2.42. The normalized spacial score (nSPS) is 22.7. The van der Waals surface area contributed by atoms with Gasteiger partial charge in [-0.05, 0) is 42.5 Å². The van der Waals surface area contributed by atoms with E-state index in [2.05, 4.69) is 59.3 Å². The quantitative estimate of drug-likeness (QED) is 0.726. The zero-order valence-corrected chi connectivity index (χ0v) is 13.8. The van der Waals surface area contributed by atoms with Gasteiger partial charge in [-0.3, -0.25) is 4.79 Å². The van der Waals surface area contributed by atoms with Gasteiger partial charge in [0.2, 0.25) is 5.91 Å². The van der Waals surface area contributed by atoms with Crippen molar-refractivity contribution in [2.75, 3.05) is 6.54 Å². The van der Waals surface area contributed by atoms with Crippen molar-refractivity contribution in [3.8, 4) is 0 Å². The van der Waals surface area contributed by atoms with E-state index in [1.807, 2.05) is 6.07 Å². The number of carbonyl (C=O) groups is 1. The Hall–Kier alpha value is -2.55. The molecule has 120 valence electrons. The Bertz CT molecular complexity index is 957. The second-order valence-electron chi connectivity index (χ2n) is 7.00. The topological polar surface area (TPSA) is 36.1 Å². The van der Waals surface area contributed by atoms with Crippen LogP contribution in [0.5, 0.6) is 0 Å². The minimum Gasteiger partial charge on any atom is -0.356 e. The van der Waals surface area contributed by atoms with Crippen molar-refractivity contribution in [3.63, 3.8) is 0 Å². The molecule has 0 aliphatic carbocycles. The standard InChI is InChI=1S/C21H20N2O/c1-14-6-5-9-17-19(14)16-11-13-23-18(24)10-12-21(23,20(16)22-17)15-7-3-2-4-8-15/h2-9,22H,10-13H2,1H3/t21-/m0/s1. The molecule has 1 saturated heterocycles. The molecule has 2 aromatic carbocycles. The monoisotopic (exact) mass is 316 g/mol. The van der Waals surface area contributed by atoms with Crippen molar-refractivity contribution in [3.05, 3.63) is 70.9 Å². The third-order valence-corrected chi connectivity index (χ3v) is 5.85. The van der Waals surface area contributed by atoms with Crippen LogP contribution in [0.1, 0.15) is 35.2 Å². The van der Waals surface area contributed by atoms with Gasteiger partial charge in [0.1, 0.15) is 5.54 Å². The van der Waals surface area contributed by atoms with Crippen molar-refractivity contribution in [1.29, 1.82) is 0 Å². The predicted octanol–water partition coefficient (Wildman–Crippen LogP) is 3.90. The number of aromatic nitrogens is 1. The Morgan fingerprint density at radius 3 is 2.71 bits per heavy atom. The fourth-order valence-corrected chi connectivity index (χ4v) is 4.84. The number of aromatic amines is 1. The van der Waals surface area contributed by atoms with E-state index in [1.54, 1.807) is 0 Å². The average Bonchev–Trinajstić information content (AvgIpc) is 3.16. The van der Waals surface area contributed by atoms with E-state index in [9.17, 15) is 4.79 Å². The van der Waals surface area contributed by atoms with Gasteiger partial charge in [-0.1, -0.05) is 42.5 Å². The highest BCUT2D eigenvalue weighted by Gasteiger charge is 2.52. The van der Waals surface area contributed by atoms with Crippen LogP contribution < -0.4 is 0 Å². The van der Waals surface area contributed by atoms with Gasteiger partial charge >= 0.3 is 0 Å². The summed E-state index contributed by atoms with van der Waals surface area (Å²) >= 11 is 0. The van der Waals surface area contributed by atoms with Gasteiger partial charge in [0.05, 0.1) is 5.69 Å². The van der Waals surface area contributed by atoms with E-state index in [0.717, 1.165) is 19.4 Å². The van der Waals surface area contributed by atoms with Crippen LogP contribution in [0.3, 0.4) is 0 Å². The third-order valence-electron chi connectivity index (χ3n) is 5.85. The summed E-state index contributed by atoms with van der Waals surface area (Å²) in [5.41, 5.74) is 6.04. The summed E-state index contributed by atoms with van der Waals surface area (Å²) < 4.78 is 0. The van der Waals surface area contributed by atoms with Gasteiger partial charge in [-0.25, -0.2) is 0 Å². The van der Waals surface area contributed by atoms with Crippen LogP contribution in [0.2, 0.25) is 0 Å². The maximum absolute atomic E-state index is 12.6. The lowest BCUT2D eigenvalue weighted by molar-refractivity contribution is -0.131. The molecule has 3 heterocycles. The number of hydrogen-bond acceptors (Lipinski definition) is 1. The highest BCUT2D eigenvalue weighted by Crippen LogP contribution is 2.50.